The lowest BCUT2D eigenvalue weighted by Gasteiger charge is -2.21. The summed E-state index contributed by atoms with van der Waals surface area (Å²) in [4.78, 5) is 19.7. The Hall–Kier alpha value is -2.02. The molecule has 1 saturated heterocycles. The summed E-state index contributed by atoms with van der Waals surface area (Å²) < 4.78 is 27.9. The fraction of sp³-hybridized carbons (Fsp3) is 0.500. The number of carbonyl (C=O) groups is 1. The van der Waals surface area contributed by atoms with Crippen molar-refractivity contribution in [3.05, 3.63) is 30.1 Å². The van der Waals surface area contributed by atoms with E-state index >= 15 is 0 Å². The zero-order valence-electron chi connectivity index (χ0n) is 13.1. The van der Waals surface area contributed by atoms with Crippen molar-refractivity contribution in [2.24, 2.45) is 0 Å². The molecule has 5 nitrogen and oxygen atoms in total. The number of aromatic nitrogens is 2. The molecule has 1 aliphatic heterocycles. The van der Waals surface area contributed by atoms with Crippen LogP contribution in [0.25, 0.3) is 11.0 Å². The second-order valence-corrected chi connectivity index (χ2v) is 5.80. The van der Waals surface area contributed by atoms with Crippen LogP contribution in [0.1, 0.15) is 25.7 Å². The number of benzene rings is 1. The molecule has 0 saturated carbocycles. The number of hydrogen-bond donors (Lipinski definition) is 0. The fourth-order valence-electron chi connectivity index (χ4n) is 3.07. The standard InChI is InChI=1S/C16H20F2N4O/c1-12(23)21-8-4-7-20(9-10-21)11-15-19-13-5-2-3-6-14(13)22(15)16(17)18/h2-3,5-6,16H,4,7-11H2,1H3. The minimum Gasteiger partial charge on any atom is -0.342 e. The van der Waals surface area contributed by atoms with E-state index in [1.807, 2.05) is 0 Å². The van der Waals surface area contributed by atoms with Crippen LogP contribution in [-0.4, -0.2) is 51.4 Å². The fourth-order valence-corrected chi connectivity index (χ4v) is 3.07. The summed E-state index contributed by atoms with van der Waals surface area (Å²) >= 11 is 0. The number of imidazole rings is 1. The maximum absolute atomic E-state index is 13.4. The van der Waals surface area contributed by atoms with E-state index in [1.165, 1.54) is 0 Å². The molecule has 1 amide bonds. The maximum atomic E-state index is 13.4. The van der Waals surface area contributed by atoms with Gasteiger partial charge in [0.15, 0.2) is 0 Å². The molecule has 0 spiro atoms. The lowest BCUT2D eigenvalue weighted by molar-refractivity contribution is -0.128. The lowest BCUT2D eigenvalue weighted by Crippen LogP contribution is -2.33. The zero-order chi connectivity index (χ0) is 16.4. The number of amides is 1. The van der Waals surface area contributed by atoms with Gasteiger partial charge in [-0.15, -0.1) is 0 Å². The summed E-state index contributed by atoms with van der Waals surface area (Å²) in [5.74, 6) is 0.434. The van der Waals surface area contributed by atoms with Crippen molar-refractivity contribution >= 4 is 16.9 Å². The Labute approximate surface area is 133 Å². The van der Waals surface area contributed by atoms with Crippen molar-refractivity contribution < 1.29 is 13.6 Å². The smallest absolute Gasteiger partial charge is 0.320 e. The average molecular weight is 322 g/mol. The Balaban J connectivity index is 1.81. The summed E-state index contributed by atoms with van der Waals surface area (Å²) in [6, 6.07) is 6.95. The molecule has 23 heavy (non-hydrogen) atoms. The normalized spacial score (nSPS) is 17.0. The van der Waals surface area contributed by atoms with E-state index in [2.05, 4.69) is 9.88 Å². The van der Waals surface area contributed by atoms with E-state index in [4.69, 9.17) is 0 Å². The van der Waals surface area contributed by atoms with Gasteiger partial charge in [0, 0.05) is 33.1 Å². The highest BCUT2D eigenvalue weighted by atomic mass is 19.3. The van der Waals surface area contributed by atoms with Crippen molar-refractivity contribution in [2.75, 3.05) is 26.2 Å². The molecule has 0 N–H and O–H groups in total. The van der Waals surface area contributed by atoms with Gasteiger partial charge < -0.3 is 4.90 Å². The van der Waals surface area contributed by atoms with Gasteiger partial charge in [-0.1, -0.05) is 12.1 Å². The lowest BCUT2D eigenvalue weighted by atomic mass is 10.3. The largest absolute Gasteiger partial charge is 0.342 e. The van der Waals surface area contributed by atoms with Crippen LogP contribution >= 0.6 is 0 Å². The van der Waals surface area contributed by atoms with E-state index in [0.29, 0.717) is 36.5 Å². The van der Waals surface area contributed by atoms with E-state index in [0.717, 1.165) is 24.1 Å². The van der Waals surface area contributed by atoms with Crippen LogP contribution in [0.2, 0.25) is 0 Å². The molecule has 0 aliphatic carbocycles. The Morgan fingerprint density at radius 1 is 1.22 bits per heavy atom. The minimum atomic E-state index is -2.61. The molecule has 2 heterocycles. The first-order valence-electron chi connectivity index (χ1n) is 7.78. The molecular weight excluding hydrogens is 302 g/mol. The van der Waals surface area contributed by atoms with E-state index in [9.17, 15) is 13.6 Å². The molecular formula is C16H20F2N4O. The third-order valence-electron chi connectivity index (χ3n) is 4.26. The highest BCUT2D eigenvalue weighted by Crippen LogP contribution is 2.24. The molecule has 3 rings (SSSR count). The molecule has 0 atom stereocenters. The number of carbonyl (C=O) groups excluding carboxylic acids is 1. The van der Waals surface area contributed by atoms with Crippen LogP contribution < -0.4 is 0 Å². The topological polar surface area (TPSA) is 41.4 Å². The van der Waals surface area contributed by atoms with Gasteiger partial charge in [0.05, 0.1) is 17.6 Å². The Bertz CT molecular complexity index is 700. The zero-order valence-corrected chi connectivity index (χ0v) is 13.1. The summed E-state index contributed by atoms with van der Waals surface area (Å²) in [6.45, 7) is 2.11. The van der Waals surface area contributed by atoms with Crippen LogP contribution in [0, 0.1) is 0 Å². The number of para-hydroxylation sites is 2. The molecule has 0 unspecified atom stereocenters. The van der Waals surface area contributed by atoms with Gasteiger partial charge in [0.1, 0.15) is 5.82 Å². The average Bonchev–Trinajstić information content (AvgIpc) is 2.70. The van der Waals surface area contributed by atoms with Gasteiger partial charge in [0.2, 0.25) is 5.91 Å². The Morgan fingerprint density at radius 2 is 2.00 bits per heavy atom. The number of nitrogens with zero attached hydrogens (tertiary/aromatic N) is 4. The SMILES string of the molecule is CC(=O)N1CCCN(Cc2nc3ccccc3n2C(F)F)CC1. The molecule has 1 aliphatic rings. The molecule has 124 valence electrons. The van der Waals surface area contributed by atoms with Gasteiger partial charge in [-0.3, -0.25) is 14.3 Å². The molecule has 2 aromatic rings. The maximum Gasteiger partial charge on any atom is 0.320 e. The predicted molar refractivity (Wildman–Crippen MR) is 83.1 cm³/mol. The molecule has 1 aromatic heterocycles. The predicted octanol–water partition coefficient (Wildman–Crippen LogP) is 2.49. The van der Waals surface area contributed by atoms with Gasteiger partial charge in [-0.2, -0.15) is 8.78 Å². The highest BCUT2D eigenvalue weighted by Gasteiger charge is 2.22. The van der Waals surface area contributed by atoms with E-state index in [-0.39, 0.29) is 5.91 Å². The van der Waals surface area contributed by atoms with Crippen LogP contribution in [0.3, 0.4) is 0 Å². The van der Waals surface area contributed by atoms with Crippen LogP contribution in [-0.2, 0) is 11.3 Å². The second kappa shape index (κ2) is 6.62. The summed E-state index contributed by atoms with van der Waals surface area (Å²) in [6.07, 6.45) is 0.842. The molecule has 7 heteroatoms. The molecule has 1 fully saturated rings. The number of halogens is 2. The van der Waals surface area contributed by atoms with Gasteiger partial charge >= 0.3 is 6.55 Å². The van der Waals surface area contributed by atoms with E-state index < -0.39 is 6.55 Å². The number of fused-ring (bicyclic) bond motifs is 1. The molecule has 0 bridgehead atoms. The van der Waals surface area contributed by atoms with Crippen LogP contribution in [0.4, 0.5) is 8.78 Å². The first-order chi connectivity index (χ1) is 11.1. The van der Waals surface area contributed by atoms with Crippen molar-refractivity contribution in [1.29, 1.82) is 0 Å². The first-order valence-corrected chi connectivity index (χ1v) is 7.78. The third-order valence-corrected chi connectivity index (χ3v) is 4.26. The van der Waals surface area contributed by atoms with Crippen molar-refractivity contribution in [1.82, 2.24) is 19.4 Å². The number of alkyl halides is 2. The van der Waals surface area contributed by atoms with Crippen LogP contribution in [0.5, 0.6) is 0 Å². The Morgan fingerprint density at radius 3 is 2.74 bits per heavy atom. The highest BCUT2D eigenvalue weighted by molar-refractivity contribution is 5.76. The monoisotopic (exact) mass is 322 g/mol. The van der Waals surface area contributed by atoms with Crippen molar-refractivity contribution in [3.63, 3.8) is 0 Å². The number of hydrogen-bond acceptors (Lipinski definition) is 3. The minimum absolute atomic E-state index is 0.0617. The summed E-state index contributed by atoms with van der Waals surface area (Å²) in [5.41, 5.74) is 1.04. The van der Waals surface area contributed by atoms with Gasteiger partial charge in [-0.25, -0.2) is 4.98 Å². The summed E-state index contributed by atoms with van der Waals surface area (Å²) in [7, 11) is 0. The molecule has 1 aromatic carbocycles. The van der Waals surface area contributed by atoms with Gasteiger partial charge in [-0.05, 0) is 18.6 Å². The van der Waals surface area contributed by atoms with Gasteiger partial charge in [0.25, 0.3) is 0 Å². The van der Waals surface area contributed by atoms with Crippen LogP contribution in [0.15, 0.2) is 24.3 Å². The quantitative estimate of drug-likeness (QED) is 0.872. The Kier molecular flexibility index (Phi) is 4.56. The van der Waals surface area contributed by atoms with E-state index in [1.54, 1.807) is 36.1 Å². The third kappa shape index (κ3) is 3.34. The summed E-state index contributed by atoms with van der Waals surface area (Å²) in [5, 5.41) is 0. The molecule has 0 radical (unpaired) electrons. The van der Waals surface area contributed by atoms with Crippen molar-refractivity contribution in [2.45, 2.75) is 26.4 Å². The second-order valence-electron chi connectivity index (χ2n) is 5.80. The number of rotatable bonds is 3. The van der Waals surface area contributed by atoms with Crippen molar-refractivity contribution in [3.8, 4) is 0 Å². The first kappa shape index (κ1) is 15.9.